The van der Waals surface area contributed by atoms with Gasteiger partial charge < -0.3 is 10.2 Å². The highest BCUT2D eigenvalue weighted by molar-refractivity contribution is 5.86. The molecular weight excluding hydrogens is 283 g/mol. The van der Waals surface area contributed by atoms with Crippen LogP contribution in [0.25, 0.3) is 0 Å². The van der Waals surface area contributed by atoms with Crippen molar-refractivity contribution in [1.29, 1.82) is 0 Å². The van der Waals surface area contributed by atoms with Crippen LogP contribution in [0.3, 0.4) is 0 Å². The summed E-state index contributed by atoms with van der Waals surface area (Å²) in [5.41, 5.74) is 0.905. The number of carbonyl (C=O) groups excluding carboxylic acids is 1. The van der Waals surface area contributed by atoms with E-state index in [1.165, 1.54) is 18.2 Å². The van der Waals surface area contributed by atoms with Gasteiger partial charge in [-0.25, -0.2) is 9.07 Å². The molecule has 1 N–H and O–H groups in total. The van der Waals surface area contributed by atoms with Gasteiger partial charge in [-0.1, -0.05) is 6.58 Å². The number of hydrogen-bond donors (Lipinski definition) is 1. The second-order valence-corrected chi connectivity index (χ2v) is 5.27. The lowest BCUT2D eigenvalue weighted by atomic mass is 10.1. The highest BCUT2D eigenvalue weighted by Gasteiger charge is 2.26. The van der Waals surface area contributed by atoms with Gasteiger partial charge in [0.1, 0.15) is 11.6 Å². The van der Waals surface area contributed by atoms with Crippen molar-refractivity contribution < 1.29 is 9.18 Å². The molecule has 0 radical (unpaired) electrons. The highest BCUT2D eigenvalue weighted by Crippen LogP contribution is 2.30. The summed E-state index contributed by atoms with van der Waals surface area (Å²) in [6, 6.07) is 8.31. The van der Waals surface area contributed by atoms with Crippen LogP contribution < -0.4 is 10.2 Å². The van der Waals surface area contributed by atoms with E-state index in [9.17, 15) is 9.18 Å². The molecule has 6 heteroatoms. The molecule has 2 aromatic rings. The van der Waals surface area contributed by atoms with E-state index in [4.69, 9.17) is 0 Å². The van der Waals surface area contributed by atoms with E-state index < -0.39 is 0 Å². The van der Waals surface area contributed by atoms with Crippen LogP contribution in [0.1, 0.15) is 0 Å². The molecule has 1 aliphatic rings. The Morgan fingerprint density at radius 2 is 2.14 bits per heavy atom. The van der Waals surface area contributed by atoms with E-state index in [1.807, 2.05) is 10.7 Å². The molecule has 114 valence electrons. The summed E-state index contributed by atoms with van der Waals surface area (Å²) < 4.78 is 15.0. The lowest BCUT2D eigenvalue weighted by molar-refractivity contribution is -0.116. The number of nitrogens with one attached hydrogen (secondary N) is 1. The first-order chi connectivity index (χ1) is 10.7. The van der Waals surface area contributed by atoms with E-state index in [1.54, 1.807) is 18.3 Å². The molecule has 22 heavy (non-hydrogen) atoms. The van der Waals surface area contributed by atoms with Crippen LogP contribution in [0.5, 0.6) is 0 Å². The summed E-state index contributed by atoms with van der Waals surface area (Å²) in [5.74, 6) is 0.739. The standard InChI is InChI=1S/C16H17FN4O/c1-2-15(22)18-9-12-10-20(14-5-3-13(17)4-6-14)16-7-8-19-21(16)11-12/h2-8,12H,1,9-11H2,(H,18,22)/t12-/m0/s1. The molecule has 0 bridgehead atoms. The van der Waals surface area contributed by atoms with Crippen molar-refractivity contribution in [2.24, 2.45) is 5.92 Å². The van der Waals surface area contributed by atoms with Crippen molar-refractivity contribution >= 4 is 17.4 Å². The molecule has 1 aliphatic heterocycles. The van der Waals surface area contributed by atoms with E-state index in [0.29, 0.717) is 6.54 Å². The Morgan fingerprint density at radius 1 is 1.36 bits per heavy atom. The third-order valence-electron chi connectivity index (χ3n) is 3.73. The van der Waals surface area contributed by atoms with Gasteiger partial charge >= 0.3 is 0 Å². The van der Waals surface area contributed by atoms with Gasteiger partial charge in [-0.3, -0.25) is 4.79 Å². The van der Waals surface area contributed by atoms with Crippen LogP contribution in [0, 0.1) is 11.7 Å². The Balaban J connectivity index is 1.81. The molecule has 0 saturated heterocycles. The highest BCUT2D eigenvalue weighted by atomic mass is 19.1. The Hall–Kier alpha value is -2.63. The quantitative estimate of drug-likeness (QED) is 0.880. The average Bonchev–Trinajstić information content (AvgIpc) is 3.01. The van der Waals surface area contributed by atoms with Crippen LogP contribution in [0.15, 0.2) is 49.2 Å². The molecule has 0 fully saturated rings. The minimum absolute atomic E-state index is 0.181. The first-order valence-electron chi connectivity index (χ1n) is 7.12. The van der Waals surface area contributed by atoms with Crippen LogP contribution in [0.2, 0.25) is 0 Å². The van der Waals surface area contributed by atoms with Crippen molar-refractivity contribution in [3.05, 3.63) is 55.0 Å². The molecule has 0 aliphatic carbocycles. The van der Waals surface area contributed by atoms with Gasteiger partial charge in [0.15, 0.2) is 0 Å². The monoisotopic (exact) mass is 300 g/mol. The molecule has 1 aromatic heterocycles. The zero-order valence-electron chi connectivity index (χ0n) is 12.1. The number of benzene rings is 1. The van der Waals surface area contributed by atoms with Crippen molar-refractivity contribution in [2.75, 3.05) is 18.0 Å². The smallest absolute Gasteiger partial charge is 0.243 e. The topological polar surface area (TPSA) is 50.2 Å². The van der Waals surface area contributed by atoms with Crippen molar-refractivity contribution in [3.63, 3.8) is 0 Å². The summed E-state index contributed by atoms with van der Waals surface area (Å²) in [6.45, 7) is 5.46. The fourth-order valence-electron chi connectivity index (χ4n) is 2.65. The average molecular weight is 300 g/mol. The van der Waals surface area contributed by atoms with Crippen LogP contribution in [0.4, 0.5) is 15.9 Å². The number of hydrogen-bond acceptors (Lipinski definition) is 3. The van der Waals surface area contributed by atoms with Gasteiger partial charge in [0, 0.05) is 37.3 Å². The normalized spacial score (nSPS) is 17.0. The summed E-state index contributed by atoms with van der Waals surface area (Å²) in [5, 5.41) is 7.14. The first-order valence-corrected chi connectivity index (χ1v) is 7.12. The number of halogens is 1. The minimum atomic E-state index is -0.260. The number of carbonyl (C=O) groups is 1. The van der Waals surface area contributed by atoms with Crippen LogP contribution >= 0.6 is 0 Å². The maximum atomic E-state index is 13.1. The predicted octanol–water partition coefficient (Wildman–Crippen LogP) is 2.09. The fraction of sp³-hybridized carbons (Fsp3) is 0.250. The van der Waals surface area contributed by atoms with E-state index >= 15 is 0 Å². The summed E-state index contributed by atoms with van der Waals surface area (Å²) in [7, 11) is 0. The molecule has 0 spiro atoms. The van der Waals surface area contributed by atoms with Crippen molar-refractivity contribution in [1.82, 2.24) is 15.1 Å². The van der Waals surface area contributed by atoms with Gasteiger partial charge in [-0.15, -0.1) is 0 Å². The Morgan fingerprint density at radius 3 is 2.86 bits per heavy atom. The third kappa shape index (κ3) is 2.86. The summed E-state index contributed by atoms with van der Waals surface area (Å²) in [4.78, 5) is 13.4. The minimum Gasteiger partial charge on any atom is -0.352 e. The molecule has 0 unspecified atom stereocenters. The second-order valence-electron chi connectivity index (χ2n) is 5.27. The zero-order chi connectivity index (χ0) is 15.5. The lowest BCUT2D eigenvalue weighted by Gasteiger charge is -2.34. The van der Waals surface area contributed by atoms with Gasteiger partial charge in [0.05, 0.1) is 6.20 Å². The van der Waals surface area contributed by atoms with E-state index in [0.717, 1.165) is 24.6 Å². The first kappa shape index (κ1) is 14.3. The Kier molecular flexibility index (Phi) is 3.91. The lowest BCUT2D eigenvalue weighted by Crippen LogP contribution is -2.41. The molecule has 2 heterocycles. The Bertz CT molecular complexity index is 680. The molecule has 3 rings (SSSR count). The van der Waals surface area contributed by atoms with Gasteiger partial charge in [-0.2, -0.15) is 5.10 Å². The molecule has 1 aromatic carbocycles. The maximum absolute atomic E-state index is 13.1. The number of rotatable bonds is 4. The van der Waals surface area contributed by atoms with Crippen LogP contribution in [-0.2, 0) is 11.3 Å². The summed E-state index contributed by atoms with van der Waals surface area (Å²) in [6.07, 6.45) is 3.01. The number of aromatic nitrogens is 2. The van der Waals surface area contributed by atoms with E-state index in [2.05, 4.69) is 21.9 Å². The molecule has 1 atom stereocenters. The largest absolute Gasteiger partial charge is 0.352 e. The number of fused-ring (bicyclic) bond motifs is 1. The number of nitrogens with zero attached hydrogens (tertiary/aromatic N) is 3. The van der Waals surface area contributed by atoms with Crippen molar-refractivity contribution in [2.45, 2.75) is 6.54 Å². The number of anilines is 2. The van der Waals surface area contributed by atoms with Crippen molar-refractivity contribution in [3.8, 4) is 0 Å². The predicted molar refractivity (Wildman–Crippen MR) is 82.3 cm³/mol. The van der Waals surface area contributed by atoms with Gasteiger partial charge in [0.2, 0.25) is 5.91 Å². The molecular formula is C16H17FN4O. The fourth-order valence-corrected chi connectivity index (χ4v) is 2.65. The molecule has 0 saturated carbocycles. The summed E-state index contributed by atoms with van der Waals surface area (Å²) >= 11 is 0. The molecule has 5 nitrogen and oxygen atoms in total. The SMILES string of the molecule is C=CC(=O)NC[C@H]1CN(c2ccc(F)cc2)c2ccnn2C1. The van der Waals surface area contributed by atoms with Gasteiger partial charge in [-0.05, 0) is 30.3 Å². The third-order valence-corrected chi connectivity index (χ3v) is 3.73. The zero-order valence-corrected chi connectivity index (χ0v) is 12.1. The number of amides is 1. The second kappa shape index (κ2) is 6.01. The van der Waals surface area contributed by atoms with E-state index in [-0.39, 0.29) is 17.6 Å². The van der Waals surface area contributed by atoms with Crippen LogP contribution in [-0.4, -0.2) is 28.8 Å². The van der Waals surface area contributed by atoms with Gasteiger partial charge in [0.25, 0.3) is 0 Å². The maximum Gasteiger partial charge on any atom is 0.243 e. The Labute approximate surface area is 128 Å². The molecule has 1 amide bonds.